The molecule has 1 saturated heterocycles. The number of rotatable bonds is 13. The molecule has 7 rings (SSSR count). The number of thiazole rings is 1. The fraction of sp³-hybridized carbons (Fsp3) is 0.300. The second-order valence-corrected chi connectivity index (χ2v) is 16.1. The number of fused-ring (bicyclic) bond motifs is 1. The number of amides is 2. The molecular formula is C40H39N5O7S2. The average molecular weight is 766 g/mol. The molecule has 3 heterocycles. The van der Waals surface area contributed by atoms with Gasteiger partial charge < -0.3 is 25.3 Å². The van der Waals surface area contributed by atoms with Crippen LogP contribution in [0.25, 0.3) is 0 Å². The number of β-lactam (4-membered cyclic amide) rings is 1. The highest BCUT2D eigenvalue weighted by molar-refractivity contribution is 8.00. The average Bonchev–Trinajstić information content (AvgIpc) is 3.91. The number of carbonyl (C=O) groups is 4. The number of anilines is 1. The van der Waals surface area contributed by atoms with E-state index in [1.54, 1.807) is 26.2 Å². The van der Waals surface area contributed by atoms with E-state index < -0.39 is 52.9 Å². The molecule has 2 atom stereocenters. The highest BCUT2D eigenvalue weighted by atomic mass is 32.2. The number of carboxylic acids is 1. The number of ether oxygens (including phenoxy) is 1. The van der Waals surface area contributed by atoms with Gasteiger partial charge in [0.25, 0.3) is 11.8 Å². The Kier molecular flexibility index (Phi) is 10.3. The summed E-state index contributed by atoms with van der Waals surface area (Å²) in [7, 11) is 0. The third-order valence-electron chi connectivity index (χ3n) is 9.19. The van der Waals surface area contributed by atoms with Gasteiger partial charge in [0.2, 0.25) is 6.61 Å². The zero-order valence-electron chi connectivity index (χ0n) is 29.9. The van der Waals surface area contributed by atoms with Crippen LogP contribution in [0.2, 0.25) is 0 Å². The van der Waals surface area contributed by atoms with Crippen molar-refractivity contribution in [3.63, 3.8) is 0 Å². The molecule has 1 saturated carbocycles. The highest BCUT2D eigenvalue weighted by Crippen LogP contribution is 2.48. The van der Waals surface area contributed by atoms with Crippen molar-refractivity contribution in [1.29, 1.82) is 0 Å². The zero-order valence-corrected chi connectivity index (χ0v) is 31.5. The molecule has 12 nitrogen and oxygen atoms in total. The zero-order chi connectivity index (χ0) is 38.0. The molecule has 3 N–H and O–H groups in total. The lowest BCUT2D eigenvalue weighted by atomic mass is 9.77. The van der Waals surface area contributed by atoms with Crippen LogP contribution in [-0.4, -0.2) is 73.8 Å². The van der Waals surface area contributed by atoms with Crippen LogP contribution in [0.3, 0.4) is 0 Å². The van der Waals surface area contributed by atoms with Gasteiger partial charge in [-0.25, -0.2) is 14.6 Å². The Hall–Kier alpha value is -5.47. The minimum absolute atomic E-state index is 0.0142. The topological polar surface area (TPSA) is 160 Å². The molecule has 1 aliphatic carbocycles. The van der Waals surface area contributed by atoms with E-state index >= 15 is 0 Å². The Morgan fingerprint density at radius 1 is 0.926 bits per heavy atom. The van der Waals surface area contributed by atoms with Crippen molar-refractivity contribution in [3.8, 4) is 0 Å². The maximum Gasteiger partial charge on any atom is 0.352 e. The normalized spacial score (nSPS) is 18.7. The summed E-state index contributed by atoms with van der Waals surface area (Å²) in [6, 6.07) is 28.9. The van der Waals surface area contributed by atoms with E-state index in [9.17, 15) is 24.3 Å². The lowest BCUT2D eigenvalue weighted by molar-refractivity contribution is -0.160. The summed E-state index contributed by atoms with van der Waals surface area (Å²) < 4.78 is 5.33. The van der Waals surface area contributed by atoms with E-state index in [4.69, 9.17) is 14.6 Å². The van der Waals surface area contributed by atoms with Crippen LogP contribution >= 0.6 is 23.1 Å². The molecule has 54 heavy (non-hydrogen) atoms. The van der Waals surface area contributed by atoms with Gasteiger partial charge in [0, 0.05) is 11.1 Å². The van der Waals surface area contributed by atoms with Gasteiger partial charge in [-0.2, -0.15) is 0 Å². The Labute approximate surface area is 320 Å². The Morgan fingerprint density at radius 3 is 2.02 bits per heavy atom. The van der Waals surface area contributed by atoms with Crippen LogP contribution in [0.5, 0.6) is 0 Å². The molecule has 0 bridgehead atoms. The number of thioether (sulfide) groups is 1. The van der Waals surface area contributed by atoms with Crippen molar-refractivity contribution >= 4 is 57.7 Å². The Balaban J connectivity index is 1.20. The van der Waals surface area contributed by atoms with Crippen LogP contribution in [0.1, 0.15) is 56.0 Å². The summed E-state index contributed by atoms with van der Waals surface area (Å²) >= 11 is 2.66. The standard InChI is InChI=1S/C40H39N5O7S2/c1-39(2,3)52-30(46)21-51-44-31(34(47)42-32-35(48)45-33(37(49)50)28(24-19-20-24)22-53-36(32)45)29-23-54-38(41-29)43-40(25-13-7-4-8-14-25,26-15-9-5-10-16-26)27-17-11-6-12-18-27/h4-18,23-24,32,36H,19-22H2,1-3H3,(H,41,43)(H,42,47)(H,49,50)/b44-31-/t32-,36-/m1/s1. The molecule has 0 spiro atoms. The molecular weight excluding hydrogens is 727 g/mol. The number of aliphatic carboxylic acids is 1. The lowest BCUT2D eigenvalue weighted by Gasteiger charge is -2.49. The van der Waals surface area contributed by atoms with Gasteiger partial charge >= 0.3 is 11.9 Å². The maximum atomic E-state index is 14.0. The summed E-state index contributed by atoms with van der Waals surface area (Å²) in [4.78, 5) is 63.6. The molecule has 1 aromatic heterocycles. The fourth-order valence-electron chi connectivity index (χ4n) is 6.70. The van der Waals surface area contributed by atoms with Crippen molar-refractivity contribution < 1.29 is 33.9 Å². The number of benzene rings is 3. The number of oxime groups is 1. The second kappa shape index (κ2) is 15.1. The van der Waals surface area contributed by atoms with Gasteiger partial charge in [-0.15, -0.1) is 23.1 Å². The highest BCUT2D eigenvalue weighted by Gasteiger charge is 2.55. The SMILES string of the molecule is CC(C)(C)OC(=O)CO/N=C(\C(=O)N[C@@H]1C(=O)N2C(C(=O)O)=C(C3CC3)CS[C@H]12)c1csc(NC(c2ccccc2)(c2ccccc2)c2ccccc2)n1. The first-order valence-electron chi connectivity index (χ1n) is 17.5. The van der Waals surface area contributed by atoms with E-state index in [2.05, 4.69) is 15.8 Å². The fourth-order valence-corrected chi connectivity index (χ4v) is 8.91. The first-order valence-corrected chi connectivity index (χ1v) is 19.4. The second-order valence-electron chi connectivity index (χ2n) is 14.1. The van der Waals surface area contributed by atoms with E-state index in [-0.39, 0.29) is 23.0 Å². The summed E-state index contributed by atoms with van der Waals surface area (Å²) in [6.07, 6.45) is 1.80. The van der Waals surface area contributed by atoms with E-state index in [0.29, 0.717) is 10.9 Å². The van der Waals surface area contributed by atoms with E-state index in [1.165, 1.54) is 28.0 Å². The van der Waals surface area contributed by atoms with Crippen LogP contribution < -0.4 is 10.6 Å². The molecule has 278 valence electrons. The number of nitrogens with one attached hydrogen (secondary N) is 2. The molecule has 0 unspecified atom stereocenters. The number of hydrogen-bond donors (Lipinski definition) is 3. The molecule has 3 aromatic carbocycles. The number of carbonyl (C=O) groups excluding carboxylic acids is 3. The lowest BCUT2D eigenvalue weighted by Crippen LogP contribution is -2.71. The van der Waals surface area contributed by atoms with Gasteiger partial charge in [-0.3, -0.25) is 14.5 Å². The molecule has 2 amide bonds. The minimum Gasteiger partial charge on any atom is -0.477 e. The number of esters is 1. The van der Waals surface area contributed by atoms with Crippen molar-refractivity contribution in [2.24, 2.45) is 11.1 Å². The Bertz CT molecular complexity index is 2020. The molecule has 3 aliphatic rings. The van der Waals surface area contributed by atoms with Gasteiger partial charge in [0.1, 0.15) is 33.9 Å². The van der Waals surface area contributed by atoms with Crippen LogP contribution in [-0.2, 0) is 34.3 Å². The molecule has 0 radical (unpaired) electrons. The first kappa shape index (κ1) is 36.9. The number of hydrogen-bond acceptors (Lipinski definition) is 11. The quantitative estimate of drug-likeness (QED) is 0.0503. The first-order chi connectivity index (χ1) is 26.0. The van der Waals surface area contributed by atoms with Crippen molar-refractivity contribution in [2.75, 3.05) is 17.7 Å². The van der Waals surface area contributed by atoms with Crippen LogP contribution in [0.15, 0.2) is 113 Å². The predicted octanol–water partition coefficient (Wildman–Crippen LogP) is 5.76. The van der Waals surface area contributed by atoms with Gasteiger partial charge in [0.05, 0.1) is 0 Å². The molecule has 4 aromatic rings. The largest absolute Gasteiger partial charge is 0.477 e. The number of carboxylic acid groups (broad SMARTS) is 1. The van der Waals surface area contributed by atoms with Crippen molar-refractivity contribution in [1.82, 2.24) is 15.2 Å². The van der Waals surface area contributed by atoms with E-state index in [0.717, 1.165) is 35.1 Å². The van der Waals surface area contributed by atoms with Gasteiger partial charge in [0.15, 0.2) is 10.8 Å². The Morgan fingerprint density at radius 2 is 1.50 bits per heavy atom. The third-order valence-corrected chi connectivity index (χ3v) is 11.3. The molecule has 2 aliphatic heterocycles. The van der Waals surface area contributed by atoms with Crippen LogP contribution in [0, 0.1) is 5.92 Å². The van der Waals surface area contributed by atoms with Crippen LogP contribution in [0.4, 0.5) is 5.13 Å². The smallest absolute Gasteiger partial charge is 0.352 e. The summed E-state index contributed by atoms with van der Waals surface area (Å²) in [5.41, 5.74) is 1.82. The maximum absolute atomic E-state index is 14.0. The van der Waals surface area contributed by atoms with E-state index in [1.807, 2.05) is 91.0 Å². The summed E-state index contributed by atoms with van der Waals surface area (Å²) in [5.74, 6) is -2.51. The monoisotopic (exact) mass is 765 g/mol. The number of nitrogens with zero attached hydrogens (tertiary/aromatic N) is 3. The van der Waals surface area contributed by atoms with Crippen molar-refractivity contribution in [2.45, 2.75) is 56.2 Å². The summed E-state index contributed by atoms with van der Waals surface area (Å²) in [5, 5.41) is 22.0. The minimum atomic E-state index is -1.15. The van der Waals surface area contributed by atoms with Gasteiger partial charge in [-0.05, 0) is 61.8 Å². The van der Waals surface area contributed by atoms with Crippen molar-refractivity contribution in [3.05, 3.63) is 130 Å². The molecule has 2 fully saturated rings. The predicted molar refractivity (Wildman–Crippen MR) is 206 cm³/mol. The van der Waals surface area contributed by atoms with Gasteiger partial charge in [-0.1, -0.05) is 96.2 Å². The number of aromatic nitrogens is 1. The molecule has 14 heteroatoms. The third kappa shape index (κ3) is 7.48. The summed E-state index contributed by atoms with van der Waals surface area (Å²) in [6.45, 7) is 4.58.